The van der Waals surface area contributed by atoms with Gasteiger partial charge in [0.25, 0.3) is 0 Å². The van der Waals surface area contributed by atoms with Gasteiger partial charge in [0.2, 0.25) is 0 Å². The molecule has 1 aromatic rings. The van der Waals surface area contributed by atoms with Crippen LogP contribution >= 0.6 is 0 Å². The predicted molar refractivity (Wildman–Crippen MR) is 75.0 cm³/mol. The molecule has 0 spiro atoms. The number of likely N-dealkylation sites (N-methyl/N-ethyl adjacent to an activating group) is 1. The lowest BCUT2D eigenvalue weighted by Crippen LogP contribution is -2.41. The van der Waals surface area contributed by atoms with Crippen LogP contribution in [0.25, 0.3) is 0 Å². The first-order valence-electron chi connectivity index (χ1n) is 6.53. The fourth-order valence-electron chi connectivity index (χ4n) is 1.98. The second-order valence-corrected chi connectivity index (χ2v) is 5.64. The third-order valence-corrected chi connectivity index (χ3v) is 2.85. The zero-order chi connectivity index (χ0) is 13.2. The van der Waals surface area contributed by atoms with Crippen molar-refractivity contribution in [3.05, 3.63) is 11.9 Å². The summed E-state index contributed by atoms with van der Waals surface area (Å²) in [5, 5.41) is 10.0. The summed E-state index contributed by atoms with van der Waals surface area (Å²) in [4.78, 5) is 8.85. The van der Waals surface area contributed by atoms with E-state index in [0.717, 1.165) is 24.0 Å². The highest BCUT2D eigenvalue weighted by Gasteiger charge is 2.22. The lowest BCUT2D eigenvalue weighted by Gasteiger charge is -2.26. The molecule has 2 rings (SSSR count). The van der Waals surface area contributed by atoms with E-state index in [0.29, 0.717) is 6.04 Å². The Morgan fingerprint density at radius 2 is 1.94 bits per heavy atom. The zero-order valence-electron chi connectivity index (χ0n) is 11.7. The van der Waals surface area contributed by atoms with Gasteiger partial charge in [-0.1, -0.05) is 0 Å². The van der Waals surface area contributed by atoms with Crippen molar-refractivity contribution in [1.29, 1.82) is 0 Å². The standard InChI is InChI=1S/C13H23N5/c1-9-15-11(17-10-5-6-10)7-12(16-9)18-13(2,3)8-14-4/h7,10,14H,5-6,8H2,1-4H3,(H2,15,16,17,18). The van der Waals surface area contributed by atoms with Gasteiger partial charge in [0.1, 0.15) is 17.5 Å². The highest BCUT2D eigenvalue weighted by atomic mass is 15.1. The van der Waals surface area contributed by atoms with Crippen LogP contribution in [0.15, 0.2) is 6.07 Å². The summed E-state index contributed by atoms with van der Waals surface area (Å²) in [5.41, 5.74) is -0.0353. The quantitative estimate of drug-likeness (QED) is 0.717. The van der Waals surface area contributed by atoms with Crippen LogP contribution in [0.5, 0.6) is 0 Å². The lowest BCUT2D eigenvalue weighted by molar-refractivity contribution is 0.528. The van der Waals surface area contributed by atoms with Gasteiger partial charge in [0.15, 0.2) is 0 Å². The van der Waals surface area contributed by atoms with Gasteiger partial charge in [-0.3, -0.25) is 0 Å². The summed E-state index contributed by atoms with van der Waals surface area (Å²) in [6.07, 6.45) is 2.49. The Morgan fingerprint density at radius 1 is 1.28 bits per heavy atom. The van der Waals surface area contributed by atoms with Crippen molar-refractivity contribution >= 4 is 11.6 Å². The molecule has 0 unspecified atom stereocenters. The van der Waals surface area contributed by atoms with Gasteiger partial charge < -0.3 is 16.0 Å². The van der Waals surface area contributed by atoms with Crippen molar-refractivity contribution in [2.75, 3.05) is 24.2 Å². The largest absolute Gasteiger partial charge is 0.367 e. The average Bonchev–Trinajstić information content (AvgIpc) is 2.99. The van der Waals surface area contributed by atoms with Crippen LogP contribution in [0.3, 0.4) is 0 Å². The monoisotopic (exact) mass is 249 g/mol. The molecule has 5 nitrogen and oxygen atoms in total. The molecule has 0 amide bonds. The Bertz CT molecular complexity index is 412. The van der Waals surface area contributed by atoms with Crippen molar-refractivity contribution in [3.8, 4) is 0 Å². The molecule has 1 aliphatic rings. The minimum Gasteiger partial charge on any atom is -0.367 e. The average molecular weight is 249 g/mol. The first-order valence-corrected chi connectivity index (χ1v) is 6.53. The fraction of sp³-hybridized carbons (Fsp3) is 0.692. The highest BCUT2D eigenvalue weighted by Crippen LogP contribution is 2.25. The highest BCUT2D eigenvalue weighted by molar-refractivity contribution is 5.49. The minimum atomic E-state index is -0.0353. The molecule has 0 radical (unpaired) electrons. The van der Waals surface area contributed by atoms with E-state index in [9.17, 15) is 0 Å². The maximum atomic E-state index is 4.44. The van der Waals surface area contributed by atoms with Crippen LogP contribution in [0.4, 0.5) is 11.6 Å². The lowest BCUT2D eigenvalue weighted by atomic mass is 10.1. The summed E-state index contributed by atoms with van der Waals surface area (Å²) in [5.74, 6) is 2.60. The Labute approximate surface area is 109 Å². The van der Waals surface area contributed by atoms with Crippen molar-refractivity contribution < 1.29 is 0 Å². The Balaban J connectivity index is 2.08. The molecule has 1 heterocycles. The van der Waals surface area contributed by atoms with E-state index in [-0.39, 0.29) is 5.54 Å². The van der Waals surface area contributed by atoms with E-state index in [1.807, 2.05) is 20.0 Å². The number of rotatable bonds is 6. The molecule has 18 heavy (non-hydrogen) atoms. The van der Waals surface area contributed by atoms with Gasteiger partial charge >= 0.3 is 0 Å². The normalized spacial score (nSPS) is 15.6. The maximum Gasteiger partial charge on any atom is 0.132 e. The molecule has 3 N–H and O–H groups in total. The smallest absolute Gasteiger partial charge is 0.132 e. The molecule has 5 heteroatoms. The molecular formula is C13H23N5. The van der Waals surface area contributed by atoms with Crippen LogP contribution in [-0.2, 0) is 0 Å². The van der Waals surface area contributed by atoms with Crippen LogP contribution < -0.4 is 16.0 Å². The zero-order valence-corrected chi connectivity index (χ0v) is 11.7. The van der Waals surface area contributed by atoms with E-state index in [4.69, 9.17) is 0 Å². The maximum absolute atomic E-state index is 4.44. The Morgan fingerprint density at radius 3 is 2.56 bits per heavy atom. The van der Waals surface area contributed by atoms with E-state index < -0.39 is 0 Å². The van der Waals surface area contributed by atoms with Crippen molar-refractivity contribution in [3.63, 3.8) is 0 Å². The molecule has 0 aromatic carbocycles. The number of aryl methyl sites for hydroxylation is 1. The minimum absolute atomic E-state index is 0.0353. The third-order valence-electron chi connectivity index (χ3n) is 2.85. The molecule has 100 valence electrons. The number of nitrogens with zero attached hydrogens (tertiary/aromatic N) is 2. The van der Waals surface area contributed by atoms with Crippen LogP contribution in [-0.4, -0.2) is 35.1 Å². The van der Waals surface area contributed by atoms with Gasteiger partial charge in [0.05, 0.1) is 0 Å². The van der Waals surface area contributed by atoms with Gasteiger partial charge in [0, 0.05) is 24.2 Å². The molecule has 1 aromatic heterocycles. The first kappa shape index (κ1) is 13.1. The molecule has 0 atom stereocenters. The molecule has 1 aliphatic carbocycles. The van der Waals surface area contributed by atoms with Gasteiger partial charge in [-0.15, -0.1) is 0 Å². The van der Waals surface area contributed by atoms with Crippen LogP contribution in [0.2, 0.25) is 0 Å². The summed E-state index contributed by atoms with van der Waals surface area (Å²) in [7, 11) is 1.95. The van der Waals surface area contributed by atoms with Gasteiger partial charge in [-0.25, -0.2) is 9.97 Å². The molecule has 1 saturated carbocycles. The van der Waals surface area contributed by atoms with Crippen LogP contribution in [0, 0.1) is 6.92 Å². The number of anilines is 2. The van der Waals surface area contributed by atoms with Crippen molar-refractivity contribution in [2.45, 2.75) is 45.2 Å². The van der Waals surface area contributed by atoms with Crippen LogP contribution in [0.1, 0.15) is 32.5 Å². The summed E-state index contributed by atoms with van der Waals surface area (Å²) in [6.45, 7) is 7.10. The number of aromatic nitrogens is 2. The predicted octanol–water partition coefficient (Wildman–Crippen LogP) is 1.77. The van der Waals surface area contributed by atoms with Gasteiger partial charge in [-0.2, -0.15) is 0 Å². The van der Waals surface area contributed by atoms with Crippen molar-refractivity contribution in [1.82, 2.24) is 15.3 Å². The second kappa shape index (κ2) is 5.10. The van der Waals surface area contributed by atoms with E-state index in [2.05, 4.69) is 39.8 Å². The fourth-order valence-corrected chi connectivity index (χ4v) is 1.98. The molecule has 0 saturated heterocycles. The first-order chi connectivity index (χ1) is 8.48. The Hall–Kier alpha value is -1.36. The Kier molecular flexibility index (Phi) is 3.71. The van der Waals surface area contributed by atoms with E-state index in [1.165, 1.54) is 12.8 Å². The number of nitrogens with one attached hydrogen (secondary N) is 3. The number of hydrogen-bond acceptors (Lipinski definition) is 5. The van der Waals surface area contributed by atoms with E-state index >= 15 is 0 Å². The molecule has 0 aliphatic heterocycles. The third kappa shape index (κ3) is 3.84. The van der Waals surface area contributed by atoms with E-state index in [1.54, 1.807) is 0 Å². The molecule has 1 fully saturated rings. The summed E-state index contributed by atoms with van der Waals surface area (Å²) in [6, 6.07) is 2.60. The summed E-state index contributed by atoms with van der Waals surface area (Å²) < 4.78 is 0. The van der Waals surface area contributed by atoms with Crippen molar-refractivity contribution in [2.24, 2.45) is 0 Å². The summed E-state index contributed by atoms with van der Waals surface area (Å²) >= 11 is 0. The second-order valence-electron chi connectivity index (χ2n) is 5.64. The topological polar surface area (TPSA) is 61.9 Å². The van der Waals surface area contributed by atoms with Gasteiger partial charge in [-0.05, 0) is 40.7 Å². The molecular weight excluding hydrogens is 226 g/mol. The SMILES string of the molecule is CNCC(C)(C)Nc1cc(NC2CC2)nc(C)n1. The number of hydrogen-bond donors (Lipinski definition) is 3. The molecule has 0 bridgehead atoms.